The molecule has 0 spiro atoms. The summed E-state index contributed by atoms with van der Waals surface area (Å²) in [5.41, 5.74) is -0.593. The van der Waals surface area contributed by atoms with Gasteiger partial charge in [-0.05, 0) is 47.0 Å². The molecule has 1 aliphatic carbocycles. The number of aliphatic hydroxyl groups excluding tert-OH is 1. The van der Waals surface area contributed by atoms with Gasteiger partial charge in [-0.25, -0.2) is 4.79 Å². The maximum absolute atomic E-state index is 11.7. The first-order chi connectivity index (χ1) is 9.23. The molecule has 6 nitrogen and oxygen atoms in total. The largest absolute Gasteiger partial charge is 0.466 e. The van der Waals surface area contributed by atoms with Gasteiger partial charge in [-0.3, -0.25) is 4.79 Å². The van der Waals surface area contributed by atoms with Crippen molar-refractivity contribution in [3.05, 3.63) is 0 Å². The van der Waals surface area contributed by atoms with Crippen molar-refractivity contribution in [2.75, 3.05) is 6.61 Å². The Morgan fingerprint density at radius 2 is 1.95 bits per heavy atom. The second-order valence-corrected chi connectivity index (χ2v) is 6.08. The molecular weight excluding hydrogens is 262 g/mol. The maximum atomic E-state index is 11.7. The standard InChI is InChI=1S/C14H25NO5/c1-5-19-12(17)9-6-7-11(16)10(8-9)15-13(18)20-14(2,3)4/h9-11,16H,5-8H2,1-4H3,(H,15,18)/t9?,10-,11-/m1/s1. The van der Waals surface area contributed by atoms with Crippen LogP contribution in [0, 0.1) is 5.92 Å². The minimum Gasteiger partial charge on any atom is -0.466 e. The highest BCUT2D eigenvalue weighted by Crippen LogP contribution is 2.26. The van der Waals surface area contributed by atoms with Gasteiger partial charge in [0.25, 0.3) is 0 Å². The zero-order valence-electron chi connectivity index (χ0n) is 12.6. The Hall–Kier alpha value is -1.30. The molecule has 2 N–H and O–H groups in total. The van der Waals surface area contributed by atoms with E-state index >= 15 is 0 Å². The molecule has 1 saturated carbocycles. The van der Waals surface area contributed by atoms with E-state index in [1.165, 1.54) is 0 Å². The topological polar surface area (TPSA) is 84.9 Å². The molecule has 20 heavy (non-hydrogen) atoms. The molecule has 6 heteroatoms. The van der Waals surface area contributed by atoms with E-state index in [9.17, 15) is 14.7 Å². The van der Waals surface area contributed by atoms with Gasteiger partial charge in [-0.15, -0.1) is 0 Å². The van der Waals surface area contributed by atoms with Crippen molar-refractivity contribution in [1.29, 1.82) is 0 Å². The summed E-state index contributed by atoms with van der Waals surface area (Å²) in [5.74, 6) is -0.548. The smallest absolute Gasteiger partial charge is 0.407 e. The van der Waals surface area contributed by atoms with Crippen LogP contribution < -0.4 is 5.32 Å². The molecule has 0 saturated heterocycles. The van der Waals surface area contributed by atoms with E-state index in [0.717, 1.165) is 0 Å². The van der Waals surface area contributed by atoms with Crippen molar-refractivity contribution in [2.45, 2.75) is 64.7 Å². The van der Waals surface area contributed by atoms with Gasteiger partial charge in [-0.2, -0.15) is 0 Å². The molecule has 116 valence electrons. The molecular formula is C14H25NO5. The van der Waals surface area contributed by atoms with Crippen LogP contribution >= 0.6 is 0 Å². The van der Waals surface area contributed by atoms with E-state index < -0.39 is 23.8 Å². The van der Waals surface area contributed by atoms with Crippen LogP contribution in [-0.2, 0) is 14.3 Å². The highest BCUT2D eigenvalue weighted by Gasteiger charge is 2.35. The van der Waals surface area contributed by atoms with Gasteiger partial charge in [0.15, 0.2) is 0 Å². The average molecular weight is 287 g/mol. The fourth-order valence-electron chi connectivity index (χ4n) is 2.24. The first-order valence-corrected chi connectivity index (χ1v) is 7.07. The van der Waals surface area contributed by atoms with Crippen LogP contribution in [0.25, 0.3) is 0 Å². The number of esters is 1. The number of amides is 1. The second-order valence-electron chi connectivity index (χ2n) is 6.08. The molecule has 1 amide bonds. The summed E-state index contributed by atoms with van der Waals surface area (Å²) < 4.78 is 10.1. The number of hydrogen-bond donors (Lipinski definition) is 2. The van der Waals surface area contributed by atoms with Crippen LogP contribution in [-0.4, -0.2) is 41.5 Å². The summed E-state index contributed by atoms with van der Waals surface area (Å²) >= 11 is 0. The van der Waals surface area contributed by atoms with Crippen molar-refractivity contribution in [2.24, 2.45) is 5.92 Å². The van der Waals surface area contributed by atoms with Gasteiger partial charge in [0.05, 0.1) is 24.7 Å². The van der Waals surface area contributed by atoms with Crippen LogP contribution in [0.1, 0.15) is 47.0 Å². The monoisotopic (exact) mass is 287 g/mol. The van der Waals surface area contributed by atoms with E-state index in [4.69, 9.17) is 9.47 Å². The zero-order chi connectivity index (χ0) is 15.3. The van der Waals surface area contributed by atoms with Crippen molar-refractivity contribution in [3.8, 4) is 0 Å². The van der Waals surface area contributed by atoms with Gasteiger partial charge in [-0.1, -0.05) is 0 Å². The minimum absolute atomic E-state index is 0.268. The van der Waals surface area contributed by atoms with Crippen LogP contribution in [0.2, 0.25) is 0 Å². The van der Waals surface area contributed by atoms with Crippen LogP contribution in [0.15, 0.2) is 0 Å². The number of carbonyl (C=O) groups excluding carboxylic acids is 2. The molecule has 0 aromatic carbocycles. The lowest BCUT2D eigenvalue weighted by molar-refractivity contribution is -0.150. The number of aliphatic hydroxyl groups is 1. The summed E-state index contributed by atoms with van der Waals surface area (Å²) in [7, 11) is 0. The predicted octanol–water partition coefficient (Wildman–Crippen LogP) is 1.60. The Balaban J connectivity index is 2.54. The van der Waals surface area contributed by atoms with E-state index in [1.54, 1.807) is 27.7 Å². The fourth-order valence-corrected chi connectivity index (χ4v) is 2.24. The van der Waals surface area contributed by atoms with Gasteiger partial charge in [0.2, 0.25) is 0 Å². The lowest BCUT2D eigenvalue weighted by Crippen LogP contribution is -2.49. The zero-order valence-corrected chi connectivity index (χ0v) is 12.6. The van der Waals surface area contributed by atoms with Gasteiger partial charge < -0.3 is 19.9 Å². The number of rotatable bonds is 3. The van der Waals surface area contributed by atoms with Gasteiger partial charge in [0, 0.05) is 0 Å². The number of hydrogen-bond acceptors (Lipinski definition) is 5. The van der Waals surface area contributed by atoms with Crippen LogP contribution in [0.3, 0.4) is 0 Å². The maximum Gasteiger partial charge on any atom is 0.407 e. The Morgan fingerprint density at radius 1 is 1.30 bits per heavy atom. The summed E-state index contributed by atoms with van der Waals surface area (Å²) in [5, 5.41) is 12.6. The molecule has 0 aromatic rings. The normalized spacial score (nSPS) is 26.8. The molecule has 3 atom stereocenters. The summed E-state index contributed by atoms with van der Waals surface area (Å²) in [6.45, 7) is 7.40. The summed E-state index contributed by atoms with van der Waals surface area (Å²) in [4.78, 5) is 23.4. The molecule has 1 rings (SSSR count). The third-order valence-corrected chi connectivity index (χ3v) is 3.14. The summed E-state index contributed by atoms with van der Waals surface area (Å²) in [6, 6.07) is -0.479. The molecule has 0 heterocycles. The SMILES string of the molecule is CCOC(=O)C1CC[C@@H](O)[C@H](NC(=O)OC(C)(C)C)C1. The Kier molecular flexibility index (Phi) is 5.80. The third-order valence-electron chi connectivity index (χ3n) is 3.14. The summed E-state index contributed by atoms with van der Waals surface area (Å²) in [6.07, 6.45) is 0.176. The van der Waals surface area contributed by atoms with Crippen molar-refractivity contribution < 1.29 is 24.2 Å². The minimum atomic E-state index is -0.659. The van der Waals surface area contributed by atoms with E-state index in [-0.39, 0.29) is 11.9 Å². The average Bonchev–Trinajstić information content (AvgIpc) is 2.29. The quantitative estimate of drug-likeness (QED) is 0.770. The predicted molar refractivity (Wildman–Crippen MR) is 73.1 cm³/mol. The molecule has 0 radical (unpaired) electrons. The molecule has 0 aliphatic heterocycles. The highest BCUT2D eigenvalue weighted by molar-refractivity contribution is 5.73. The van der Waals surface area contributed by atoms with Crippen molar-refractivity contribution >= 4 is 12.1 Å². The molecule has 0 aromatic heterocycles. The Morgan fingerprint density at radius 3 is 2.50 bits per heavy atom. The van der Waals surface area contributed by atoms with E-state index in [1.807, 2.05) is 0 Å². The highest BCUT2D eigenvalue weighted by atomic mass is 16.6. The molecule has 1 fully saturated rings. The lowest BCUT2D eigenvalue weighted by atomic mass is 9.84. The second kappa shape index (κ2) is 6.92. The number of nitrogens with one attached hydrogen (secondary N) is 1. The number of carbonyl (C=O) groups is 2. The molecule has 1 unspecified atom stereocenters. The Bertz CT molecular complexity index is 350. The number of alkyl carbamates (subject to hydrolysis) is 1. The van der Waals surface area contributed by atoms with Crippen molar-refractivity contribution in [3.63, 3.8) is 0 Å². The van der Waals surface area contributed by atoms with Gasteiger partial charge in [0.1, 0.15) is 5.60 Å². The first kappa shape index (κ1) is 16.8. The van der Waals surface area contributed by atoms with E-state index in [0.29, 0.717) is 25.9 Å². The fraction of sp³-hybridized carbons (Fsp3) is 0.857. The van der Waals surface area contributed by atoms with Crippen molar-refractivity contribution in [1.82, 2.24) is 5.32 Å². The van der Waals surface area contributed by atoms with E-state index in [2.05, 4.69) is 5.32 Å². The van der Waals surface area contributed by atoms with Crippen LogP contribution in [0.5, 0.6) is 0 Å². The Labute approximate surface area is 119 Å². The lowest BCUT2D eigenvalue weighted by Gasteiger charge is -2.33. The third kappa shape index (κ3) is 5.36. The number of ether oxygens (including phenoxy) is 2. The molecule has 1 aliphatic rings. The van der Waals surface area contributed by atoms with Gasteiger partial charge >= 0.3 is 12.1 Å². The first-order valence-electron chi connectivity index (χ1n) is 7.07. The molecule has 0 bridgehead atoms. The van der Waals surface area contributed by atoms with Crippen LogP contribution in [0.4, 0.5) is 4.79 Å².